The first-order valence-corrected chi connectivity index (χ1v) is 8.93. The first-order chi connectivity index (χ1) is 13.6. The number of hydrogen-bond acceptors (Lipinski definition) is 4. The molecule has 1 amide bonds. The van der Waals surface area contributed by atoms with Gasteiger partial charge in [0.25, 0.3) is 0 Å². The average Bonchev–Trinajstić information content (AvgIpc) is 2.72. The van der Waals surface area contributed by atoms with Gasteiger partial charge in [-0.2, -0.15) is 0 Å². The van der Waals surface area contributed by atoms with Crippen LogP contribution in [-0.2, 0) is 11.3 Å². The van der Waals surface area contributed by atoms with E-state index in [2.05, 4.69) is 15.6 Å². The molecule has 28 heavy (non-hydrogen) atoms. The highest BCUT2D eigenvalue weighted by atomic mass is 16.1. The summed E-state index contributed by atoms with van der Waals surface area (Å²) in [7, 11) is 0. The number of amides is 1. The monoisotopic (exact) mass is 371 g/mol. The van der Waals surface area contributed by atoms with Crippen molar-refractivity contribution in [3.05, 3.63) is 95.8 Å². The molecular weight excluding hydrogens is 350 g/mol. The summed E-state index contributed by atoms with van der Waals surface area (Å²) in [6.07, 6.45) is 6.71. The minimum absolute atomic E-state index is 0.0628. The van der Waals surface area contributed by atoms with Crippen molar-refractivity contribution in [1.29, 1.82) is 0 Å². The molecule has 3 rings (SSSR count). The van der Waals surface area contributed by atoms with Crippen molar-refractivity contribution in [3.8, 4) is 0 Å². The van der Waals surface area contributed by atoms with Crippen molar-refractivity contribution in [2.75, 3.05) is 10.6 Å². The van der Waals surface area contributed by atoms with Crippen LogP contribution in [0.5, 0.6) is 0 Å². The fourth-order valence-electron chi connectivity index (χ4n) is 2.64. The number of carbonyl (C=O) groups excluding carboxylic acids is 2. The van der Waals surface area contributed by atoms with Crippen LogP contribution in [0.15, 0.2) is 79.1 Å². The summed E-state index contributed by atoms with van der Waals surface area (Å²) in [6, 6.07) is 18.8. The Hall–Kier alpha value is -3.73. The Morgan fingerprint density at radius 3 is 2.54 bits per heavy atom. The van der Waals surface area contributed by atoms with Gasteiger partial charge >= 0.3 is 0 Å². The van der Waals surface area contributed by atoms with Gasteiger partial charge in [-0.1, -0.05) is 30.3 Å². The molecule has 0 bridgehead atoms. The zero-order valence-corrected chi connectivity index (χ0v) is 15.6. The van der Waals surface area contributed by atoms with Crippen LogP contribution < -0.4 is 10.6 Å². The summed E-state index contributed by atoms with van der Waals surface area (Å²) in [5.74, 6) is -0.155. The minimum atomic E-state index is -0.0927. The number of hydrogen-bond donors (Lipinski definition) is 2. The predicted octanol–water partition coefficient (Wildman–Crippen LogP) is 4.55. The van der Waals surface area contributed by atoms with Crippen LogP contribution in [0.3, 0.4) is 0 Å². The van der Waals surface area contributed by atoms with Crippen molar-refractivity contribution < 1.29 is 9.59 Å². The van der Waals surface area contributed by atoms with E-state index in [0.29, 0.717) is 12.1 Å². The maximum atomic E-state index is 12.4. The van der Waals surface area contributed by atoms with Crippen LogP contribution in [-0.4, -0.2) is 16.7 Å². The normalized spacial score (nSPS) is 10.6. The van der Waals surface area contributed by atoms with E-state index >= 15 is 0 Å². The van der Waals surface area contributed by atoms with Crippen molar-refractivity contribution in [2.24, 2.45) is 0 Å². The fraction of sp³-hybridized carbons (Fsp3) is 0.0870. The van der Waals surface area contributed by atoms with Gasteiger partial charge in [0.1, 0.15) is 0 Å². The van der Waals surface area contributed by atoms with Crippen LogP contribution in [0.4, 0.5) is 11.4 Å². The van der Waals surface area contributed by atoms with Crippen molar-refractivity contribution in [2.45, 2.75) is 13.5 Å². The summed E-state index contributed by atoms with van der Waals surface area (Å²) >= 11 is 0. The van der Waals surface area contributed by atoms with Gasteiger partial charge in [0.2, 0.25) is 5.91 Å². The zero-order valence-electron chi connectivity index (χ0n) is 15.6. The van der Waals surface area contributed by atoms with Gasteiger partial charge in [-0.05, 0) is 53.6 Å². The summed E-state index contributed by atoms with van der Waals surface area (Å²) in [4.78, 5) is 27.5. The largest absolute Gasteiger partial charge is 0.381 e. The van der Waals surface area contributed by atoms with E-state index in [0.717, 1.165) is 22.5 Å². The van der Waals surface area contributed by atoms with E-state index in [9.17, 15) is 9.59 Å². The topological polar surface area (TPSA) is 71.1 Å². The highest BCUT2D eigenvalue weighted by Gasteiger charge is 2.03. The molecule has 140 valence electrons. The number of aromatic nitrogens is 1. The Labute approximate surface area is 164 Å². The lowest BCUT2D eigenvalue weighted by atomic mass is 10.1. The van der Waals surface area contributed by atoms with Gasteiger partial charge in [-0.25, -0.2) is 0 Å². The number of benzene rings is 2. The lowest BCUT2D eigenvalue weighted by molar-refractivity contribution is -0.114. The van der Waals surface area contributed by atoms with Gasteiger partial charge in [0.05, 0.1) is 0 Å². The van der Waals surface area contributed by atoms with Crippen LogP contribution in [0, 0.1) is 0 Å². The molecule has 1 aromatic heterocycles. The Bertz CT molecular complexity index is 980. The molecule has 2 aromatic carbocycles. The molecular formula is C23H21N3O2. The molecule has 0 unspecified atom stereocenters. The molecule has 0 aliphatic rings. The van der Waals surface area contributed by atoms with Gasteiger partial charge < -0.3 is 10.6 Å². The number of ketones is 1. The lowest BCUT2D eigenvalue weighted by Gasteiger charge is -2.09. The molecule has 2 N–H and O–H groups in total. The number of nitrogens with one attached hydrogen (secondary N) is 2. The Balaban J connectivity index is 1.60. The molecule has 0 saturated carbocycles. The van der Waals surface area contributed by atoms with E-state index in [-0.39, 0.29) is 11.7 Å². The third kappa shape index (κ3) is 5.64. The summed E-state index contributed by atoms with van der Waals surface area (Å²) < 4.78 is 0. The lowest BCUT2D eigenvalue weighted by Crippen LogP contribution is -2.06. The fourth-order valence-corrected chi connectivity index (χ4v) is 2.64. The molecule has 0 spiro atoms. The quantitative estimate of drug-likeness (QED) is 0.472. The van der Waals surface area contributed by atoms with E-state index in [1.807, 2.05) is 54.6 Å². The van der Waals surface area contributed by atoms with Crippen molar-refractivity contribution >= 4 is 29.1 Å². The molecule has 1 heterocycles. The summed E-state index contributed by atoms with van der Waals surface area (Å²) in [5.41, 5.74) is 4.21. The van der Waals surface area contributed by atoms with Gasteiger partial charge in [-0.15, -0.1) is 0 Å². The molecule has 0 saturated heterocycles. The van der Waals surface area contributed by atoms with Crippen LogP contribution >= 0.6 is 0 Å². The molecule has 0 aliphatic heterocycles. The first kappa shape index (κ1) is 19.0. The number of pyridine rings is 1. The standard InChI is InChI=1S/C23H21N3O2/c1-17(27)26-21-10-7-19(8-11-21)16-25-22-6-2-5-20(14-22)23(28)12-9-18-4-3-13-24-15-18/h2-15,25H,16H2,1H3,(H,26,27)/b12-9+. The summed E-state index contributed by atoms with van der Waals surface area (Å²) in [5, 5.41) is 6.06. The number of allylic oxidation sites excluding steroid dienone is 1. The SMILES string of the molecule is CC(=O)Nc1ccc(CNc2cccc(C(=O)/C=C/c3cccnc3)c2)cc1. The van der Waals surface area contributed by atoms with Crippen molar-refractivity contribution in [3.63, 3.8) is 0 Å². The van der Waals surface area contributed by atoms with E-state index in [4.69, 9.17) is 0 Å². The highest BCUT2D eigenvalue weighted by Crippen LogP contribution is 2.15. The average molecular weight is 371 g/mol. The van der Waals surface area contributed by atoms with Crippen LogP contribution in [0.1, 0.15) is 28.4 Å². The van der Waals surface area contributed by atoms with Gasteiger partial charge in [0, 0.05) is 42.8 Å². The van der Waals surface area contributed by atoms with Gasteiger partial charge in [-0.3, -0.25) is 14.6 Å². The molecule has 5 heteroatoms. The van der Waals surface area contributed by atoms with Crippen LogP contribution in [0.25, 0.3) is 6.08 Å². The molecule has 0 aliphatic carbocycles. The maximum Gasteiger partial charge on any atom is 0.221 e. The smallest absolute Gasteiger partial charge is 0.221 e. The Kier molecular flexibility index (Phi) is 6.31. The van der Waals surface area contributed by atoms with Crippen LogP contribution in [0.2, 0.25) is 0 Å². The molecule has 3 aromatic rings. The number of carbonyl (C=O) groups is 2. The number of nitrogens with zero attached hydrogens (tertiary/aromatic N) is 1. The Morgan fingerprint density at radius 1 is 1.00 bits per heavy atom. The van der Waals surface area contributed by atoms with Gasteiger partial charge in [0.15, 0.2) is 5.78 Å². The number of rotatable bonds is 7. The second-order valence-corrected chi connectivity index (χ2v) is 6.30. The third-order valence-corrected chi connectivity index (χ3v) is 4.03. The molecule has 0 fully saturated rings. The molecule has 0 radical (unpaired) electrons. The molecule has 0 atom stereocenters. The van der Waals surface area contributed by atoms with E-state index < -0.39 is 0 Å². The number of anilines is 2. The molecule has 5 nitrogen and oxygen atoms in total. The zero-order chi connectivity index (χ0) is 19.8. The first-order valence-electron chi connectivity index (χ1n) is 8.93. The second kappa shape index (κ2) is 9.28. The third-order valence-electron chi connectivity index (χ3n) is 4.03. The second-order valence-electron chi connectivity index (χ2n) is 6.30. The minimum Gasteiger partial charge on any atom is -0.381 e. The predicted molar refractivity (Wildman–Crippen MR) is 112 cm³/mol. The van der Waals surface area contributed by atoms with Crippen molar-refractivity contribution in [1.82, 2.24) is 4.98 Å². The van der Waals surface area contributed by atoms with E-state index in [1.54, 1.807) is 30.6 Å². The highest BCUT2D eigenvalue weighted by molar-refractivity contribution is 6.07. The Morgan fingerprint density at radius 2 is 1.82 bits per heavy atom. The van der Waals surface area contributed by atoms with E-state index in [1.165, 1.54) is 6.92 Å². The summed E-state index contributed by atoms with van der Waals surface area (Å²) in [6.45, 7) is 2.10. The maximum absolute atomic E-state index is 12.4.